The van der Waals surface area contributed by atoms with Gasteiger partial charge in [0.05, 0.1) is 13.2 Å². The van der Waals surface area contributed by atoms with Crippen molar-refractivity contribution in [2.45, 2.75) is 83.7 Å². The van der Waals surface area contributed by atoms with Crippen LogP contribution >= 0.6 is 23.5 Å². The molecular weight excluding hydrogens is 464 g/mol. The molecule has 2 atom stereocenters. The molecule has 0 bridgehead atoms. The molecule has 0 aromatic carbocycles. The molecule has 2 amide bonds. The van der Waals surface area contributed by atoms with Gasteiger partial charge in [0.25, 0.3) is 0 Å². The fraction of sp³-hybridized carbons (Fsp3) is 0.826. The molecule has 0 aromatic rings. The highest BCUT2D eigenvalue weighted by atomic mass is 32.2. The number of amides is 2. The predicted octanol–water partition coefficient (Wildman–Crippen LogP) is 3.32. The summed E-state index contributed by atoms with van der Waals surface area (Å²) in [7, 11) is 0. The van der Waals surface area contributed by atoms with Crippen LogP contribution in [-0.2, 0) is 28.7 Å². The first-order valence-electron chi connectivity index (χ1n) is 11.8. The number of hydrogen-bond acceptors (Lipinski definition) is 8. The highest BCUT2D eigenvalue weighted by Crippen LogP contribution is 2.10. The second-order valence-electron chi connectivity index (χ2n) is 7.58. The summed E-state index contributed by atoms with van der Waals surface area (Å²) in [6.45, 7) is 4.09. The van der Waals surface area contributed by atoms with Crippen molar-refractivity contribution in [3.8, 4) is 0 Å². The minimum Gasteiger partial charge on any atom is -0.464 e. The summed E-state index contributed by atoms with van der Waals surface area (Å²) in [5, 5.41) is 5.57. The van der Waals surface area contributed by atoms with Gasteiger partial charge in [-0.1, -0.05) is 19.3 Å². The standard InChI is InChI=1S/C23H42N2O6S2/c1-5-30-22(28)18(14-16-32-3)24-20(26)12-10-8-7-9-11-13-21(27)25-19(15-17-33-4)23(29)31-6-2/h18-19H,5-17H2,1-4H3,(H,24,26)(H,25,27)/t18-,19-/m0/s1. The lowest BCUT2D eigenvalue weighted by Gasteiger charge is -2.17. The second kappa shape index (κ2) is 21.1. The predicted molar refractivity (Wildman–Crippen MR) is 135 cm³/mol. The highest BCUT2D eigenvalue weighted by molar-refractivity contribution is 7.98. The molecule has 0 aliphatic heterocycles. The van der Waals surface area contributed by atoms with Crippen LogP contribution in [0, 0.1) is 0 Å². The molecule has 8 nitrogen and oxygen atoms in total. The first kappa shape index (κ1) is 31.6. The Morgan fingerprint density at radius 2 is 1.03 bits per heavy atom. The molecule has 0 fully saturated rings. The van der Waals surface area contributed by atoms with Crippen LogP contribution < -0.4 is 10.6 Å². The minimum absolute atomic E-state index is 0.135. The van der Waals surface area contributed by atoms with Crippen LogP contribution in [0.25, 0.3) is 0 Å². The lowest BCUT2D eigenvalue weighted by molar-refractivity contribution is -0.147. The Kier molecular flexibility index (Phi) is 20.2. The normalized spacial score (nSPS) is 12.5. The Labute approximate surface area is 207 Å². The Morgan fingerprint density at radius 1 is 0.667 bits per heavy atom. The van der Waals surface area contributed by atoms with Gasteiger partial charge in [-0.15, -0.1) is 0 Å². The molecule has 0 aromatic heterocycles. The first-order chi connectivity index (χ1) is 15.9. The van der Waals surface area contributed by atoms with Crippen LogP contribution in [0.4, 0.5) is 0 Å². The lowest BCUT2D eigenvalue weighted by atomic mass is 10.1. The Balaban J connectivity index is 4.07. The third kappa shape index (κ3) is 16.8. The van der Waals surface area contributed by atoms with Crippen molar-refractivity contribution in [2.24, 2.45) is 0 Å². The molecule has 0 rings (SSSR count). The fourth-order valence-corrected chi connectivity index (χ4v) is 4.03. The molecule has 0 radical (unpaired) electrons. The zero-order valence-electron chi connectivity index (χ0n) is 20.6. The fourth-order valence-electron chi connectivity index (χ4n) is 3.09. The van der Waals surface area contributed by atoms with E-state index in [0.717, 1.165) is 43.6 Å². The number of ether oxygens (including phenoxy) is 2. The zero-order chi connectivity index (χ0) is 24.9. The molecule has 0 heterocycles. The lowest BCUT2D eigenvalue weighted by Crippen LogP contribution is -2.42. The molecule has 0 unspecified atom stereocenters. The van der Waals surface area contributed by atoms with Crippen LogP contribution in [0.5, 0.6) is 0 Å². The molecular formula is C23H42N2O6S2. The number of carbonyl (C=O) groups is 4. The van der Waals surface area contributed by atoms with Gasteiger partial charge in [0.15, 0.2) is 0 Å². The average molecular weight is 507 g/mol. The van der Waals surface area contributed by atoms with Crippen molar-refractivity contribution < 1.29 is 28.7 Å². The Bertz CT molecular complexity index is 529. The van der Waals surface area contributed by atoms with Crippen LogP contribution in [0.2, 0.25) is 0 Å². The van der Waals surface area contributed by atoms with E-state index in [-0.39, 0.29) is 23.8 Å². The van der Waals surface area contributed by atoms with Crippen LogP contribution in [0.1, 0.15) is 71.6 Å². The molecule has 0 aliphatic carbocycles. The summed E-state index contributed by atoms with van der Waals surface area (Å²) in [6, 6.07) is -1.17. The Hall–Kier alpha value is -1.42. The monoisotopic (exact) mass is 506 g/mol. The molecule has 0 saturated carbocycles. The SMILES string of the molecule is CCOC(=O)[C@H](CCSC)NC(=O)CCCCCCCC(=O)N[C@@H](CCSC)C(=O)OCC. The number of hydrogen-bond donors (Lipinski definition) is 2. The third-order valence-electron chi connectivity index (χ3n) is 4.84. The van der Waals surface area contributed by atoms with Crippen LogP contribution in [-0.4, -0.2) is 73.1 Å². The quantitative estimate of drug-likeness (QED) is 0.191. The number of unbranched alkanes of at least 4 members (excludes halogenated alkanes) is 4. The maximum atomic E-state index is 12.2. The van der Waals surface area contributed by atoms with E-state index in [9.17, 15) is 19.2 Å². The summed E-state index contributed by atoms with van der Waals surface area (Å²) in [4.78, 5) is 48.3. The number of thioether (sulfide) groups is 2. The van der Waals surface area contributed by atoms with Gasteiger partial charge in [-0.25, -0.2) is 9.59 Å². The molecule has 0 spiro atoms. The van der Waals surface area contributed by atoms with Crippen molar-refractivity contribution in [3.63, 3.8) is 0 Å². The third-order valence-corrected chi connectivity index (χ3v) is 6.13. The number of nitrogens with one attached hydrogen (secondary N) is 2. The molecule has 192 valence electrons. The Morgan fingerprint density at radius 3 is 1.36 bits per heavy atom. The first-order valence-corrected chi connectivity index (χ1v) is 14.6. The summed E-state index contributed by atoms with van der Waals surface area (Å²) >= 11 is 3.24. The van der Waals surface area contributed by atoms with E-state index < -0.39 is 12.1 Å². The summed E-state index contributed by atoms with van der Waals surface area (Å²) in [5.74, 6) is 0.520. The smallest absolute Gasteiger partial charge is 0.328 e. The van der Waals surface area contributed by atoms with E-state index in [0.29, 0.717) is 38.9 Å². The molecule has 33 heavy (non-hydrogen) atoms. The second-order valence-corrected chi connectivity index (χ2v) is 9.55. The number of esters is 2. The summed E-state index contributed by atoms with van der Waals surface area (Å²) < 4.78 is 10.1. The van der Waals surface area contributed by atoms with Gasteiger partial charge in [-0.05, 0) is 63.5 Å². The van der Waals surface area contributed by atoms with Gasteiger partial charge < -0.3 is 20.1 Å². The van der Waals surface area contributed by atoms with Crippen LogP contribution in [0.15, 0.2) is 0 Å². The van der Waals surface area contributed by atoms with E-state index in [1.807, 2.05) is 12.5 Å². The van der Waals surface area contributed by atoms with Gasteiger partial charge in [0.1, 0.15) is 12.1 Å². The van der Waals surface area contributed by atoms with Crippen molar-refractivity contribution in [3.05, 3.63) is 0 Å². The summed E-state index contributed by atoms with van der Waals surface area (Å²) in [6.07, 6.45) is 9.90. The highest BCUT2D eigenvalue weighted by Gasteiger charge is 2.22. The van der Waals surface area contributed by atoms with E-state index in [4.69, 9.17) is 9.47 Å². The van der Waals surface area contributed by atoms with E-state index in [2.05, 4.69) is 10.6 Å². The number of carbonyl (C=O) groups excluding carboxylic acids is 4. The summed E-state index contributed by atoms with van der Waals surface area (Å²) in [5.41, 5.74) is 0. The van der Waals surface area contributed by atoms with Gasteiger partial charge in [0, 0.05) is 12.8 Å². The molecule has 10 heteroatoms. The molecule has 0 saturated heterocycles. The zero-order valence-corrected chi connectivity index (χ0v) is 22.2. The van der Waals surface area contributed by atoms with Gasteiger partial charge in [-0.2, -0.15) is 23.5 Å². The number of rotatable bonds is 20. The minimum atomic E-state index is -0.585. The average Bonchev–Trinajstić information content (AvgIpc) is 2.78. The van der Waals surface area contributed by atoms with E-state index in [1.54, 1.807) is 37.4 Å². The maximum absolute atomic E-state index is 12.2. The van der Waals surface area contributed by atoms with Gasteiger partial charge in [-0.3, -0.25) is 9.59 Å². The van der Waals surface area contributed by atoms with E-state index in [1.165, 1.54) is 0 Å². The topological polar surface area (TPSA) is 111 Å². The molecule has 2 N–H and O–H groups in total. The maximum Gasteiger partial charge on any atom is 0.328 e. The van der Waals surface area contributed by atoms with Crippen molar-refractivity contribution >= 4 is 47.3 Å². The van der Waals surface area contributed by atoms with E-state index >= 15 is 0 Å². The van der Waals surface area contributed by atoms with Crippen molar-refractivity contribution in [1.82, 2.24) is 10.6 Å². The van der Waals surface area contributed by atoms with Gasteiger partial charge >= 0.3 is 11.9 Å². The molecule has 0 aliphatic rings. The van der Waals surface area contributed by atoms with Gasteiger partial charge in [0.2, 0.25) is 11.8 Å². The van der Waals surface area contributed by atoms with Crippen LogP contribution in [0.3, 0.4) is 0 Å². The largest absolute Gasteiger partial charge is 0.464 e. The van der Waals surface area contributed by atoms with Crippen molar-refractivity contribution in [1.29, 1.82) is 0 Å². The van der Waals surface area contributed by atoms with Crippen molar-refractivity contribution in [2.75, 3.05) is 37.2 Å².